The van der Waals surface area contributed by atoms with E-state index in [0.29, 0.717) is 32.5 Å². The van der Waals surface area contributed by atoms with E-state index >= 15 is 0 Å². The SMILES string of the molecule is COC(=O)C1CCCCN1C(=O)N1CCC(CC(=O)O)C1. The summed E-state index contributed by atoms with van der Waals surface area (Å²) in [7, 11) is 1.33. The molecule has 0 aromatic rings. The smallest absolute Gasteiger partial charge is 0.328 e. The van der Waals surface area contributed by atoms with Crippen molar-refractivity contribution in [3.05, 3.63) is 0 Å². The predicted molar refractivity (Wildman–Crippen MR) is 73.7 cm³/mol. The molecular weight excluding hydrogens is 276 g/mol. The number of carboxylic acids is 1. The molecule has 0 aromatic heterocycles. The first-order valence-electron chi connectivity index (χ1n) is 7.38. The van der Waals surface area contributed by atoms with Crippen LogP contribution in [0.5, 0.6) is 0 Å². The highest BCUT2D eigenvalue weighted by Gasteiger charge is 2.37. The lowest BCUT2D eigenvalue weighted by molar-refractivity contribution is -0.147. The zero-order valence-corrected chi connectivity index (χ0v) is 12.3. The molecule has 21 heavy (non-hydrogen) atoms. The highest BCUT2D eigenvalue weighted by molar-refractivity contribution is 5.84. The molecule has 2 unspecified atom stereocenters. The fraction of sp³-hybridized carbons (Fsp3) is 0.786. The molecule has 0 radical (unpaired) electrons. The number of nitrogens with zero attached hydrogens (tertiary/aromatic N) is 2. The van der Waals surface area contributed by atoms with Gasteiger partial charge in [0.05, 0.1) is 7.11 Å². The Morgan fingerprint density at radius 3 is 2.62 bits per heavy atom. The fourth-order valence-electron chi connectivity index (χ4n) is 3.14. The number of urea groups is 1. The maximum atomic E-state index is 12.6. The molecule has 0 spiro atoms. The normalized spacial score (nSPS) is 25.8. The second-order valence-electron chi connectivity index (χ2n) is 5.71. The molecule has 2 heterocycles. The van der Waals surface area contributed by atoms with E-state index < -0.39 is 12.0 Å². The first kappa shape index (κ1) is 15.6. The van der Waals surface area contributed by atoms with Crippen LogP contribution in [0.15, 0.2) is 0 Å². The molecule has 0 aromatic carbocycles. The van der Waals surface area contributed by atoms with Crippen molar-refractivity contribution >= 4 is 18.0 Å². The van der Waals surface area contributed by atoms with E-state index in [1.54, 1.807) is 9.80 Å². The molecular formula is C14H22N2O5. The number of hydrogen-bond acceptors (Lipinski definition) is 4. The van der Waals surface area contributed by atoms with Gasteiger partial charge in [0.2, 0.25) is 0 Å². The zero-order valence-electron chi connectivity index (χ0n) is 12.3. The van der Waals surface area contributed by atoms with E-state index in [-0.39, 0.29) is 24.3 Å². The standard InChI is InChI=1S/C14H22N2O5/c1-21-13(19)11-4-2-3-6-16(11)14(20)15-7-5-10(9-15)8-12(17)18/h10-11H,2-9H2,1H3,(H,17,18). The number of likely N-dealkylation sites (tertiary alicyclic amines) is 2. The van der Waals surface area contributed by atoms with Gasteiger partial charge < -0.3 is 19.6 Å². The molecule has 1 N–H and O–H groups in total. The van der Waals surface area contributed by atoms with Crippen molar-refractivity contribution in [2.75, 3.05) is 26.7 Å². The summed E-state index contributed by atoms with van der Waals surface area (Å²) < 4.78 is 4.78. The number of esters is 1. The Morgan fingerprint density at radius 1 is 1.19 bits per heavy atom. The third-order valence-electron chi connectivity index (χ3n) is 4.24. The number of carboxylic acid groups (broad SMARTS) is 1. The van der Waals surface area contributed by atoms with Crippen molar-refractivity contribution in [3.63, 3.8) is 0 Å². The molecule has 2 aliphatic heterocycles. The van der Waals surface area contributed by atoms with Gasteiger partial charge in [-0.05, 0) is 31.6 Å². The zero-order chi connectivity index (χ0) is 15.4. The Kier molecular flexibility index (Phi) is 5.03. The van der Waals surface area contributed by atoms with Gasteiger partial charge in [-0.2, -0.15) is 0 Å². The molecule has 0 saturated carbocycles. The van der Waals surface area contributed by atoms with E-state index in [0.717, 1.165) is 12.8 Å². The highest BCUT2D eigenvalue weighted by Crippen LogP contribution is 2.24. The number of ether oxygens (including phenoxy) is 1. The first-order chi connectivity index (χ1) is 10.0. The lowest BCUT2D eigenvalue weighted by Gasteiger charge is -2.36. The summed E-state index contributed by atoms with van der Waals surface area (Å²) in [5.74, 6) is -1.20. The Labute approximate surface area is 123 Å². The highest BCUT2D eigenvalue weighted by atomic mass is 16.5. The minimum absolute atomic E-state index is 0.00724. The van der Waals surface area contributed by atoms with Crippen molar-refractivity contribution in [1.82, 2.24) is 9.80 Å². The number of piperidine rings is 1. The van der Waals surface area contributed by atoms with Crippen LogP contribution in [0.3, 0.4) is 0 Å². The predicted octanol–water partition coefficient (Wildman–Crippen LogP) is 0.930. The molecule has 7 heteroatoms. The molecule has 2 rings (SSSR count). The van der Waals surface area contributed by atoms with Crippen LogP contribution in [0.25, 0.3) is 0 Å². The van der Waals surface area contributed by atoms with Gasteiger partial charge in [-0.15, -0.1) is 0 Å². The lowest BCUT2D eigenvalue weighted by atomic mass is 10.0. The maximum absolute atomic E-state index is 12.6. The molecule has 2 fully saturated rings. The molecule has 2 atom stereocenters. The largest absolute Gasteiger partial charge is 0.481 e. The van der Waals surface area contributed by atoms with Crippen molar-refractivity contribution < 1.29 is 24.2 Å². The van der Waals surface area contributed by atoms with Crippen LogP contribution in [-0.4, -0.2) is 65.7 Å². The average Bonchev–Trinajstić information content (AvgIpc) is 2.93. The molecule has 0 aliphatic carbocycles. The topological polar surface area (TPSA) is 87.2 Å². The molecule has 7 nitrogen and oxygen atoms in total. The first-order valence-corrected chi connectivity index (χ1v) is 7.38. The number of carbonyl (C=O) groups excluding carboxylic acids is 2. The monoisotopic (exact) mass is 298 g/mol. The third kappa shape index (κ3) is 3.65. The minimum atomic E-state index is -0.834. The van der Waals surface area contributed by atoms with Crippen molar-refractivity contribution in [3.8, 4) is 0 Å². The molecule has 2 saturated heterocycles. The van der Waals surface area contributed by atoms with Gasteiger partial charge in [-0.3, -0.25) is 4.79 Å². The van der Waals surface area contributed by atoms with Crippen LogP contribution >= 0.6 is 0 Å². The Morgan fingerprint density at radius 2 is 1.95 bits per heavy atom. The van der Waals surface area contributed by atoms with E-state index in [2.05, 4.69) is 0 Å². The number of hydrogen-bond donors (Lipinski definition) is 1. The molecule has 0 bridgehead atoms. The second-order valence-corrected chi connectivity index (χ2v) is 5.71. The van der Waals surface area contributed by atoms with Gasteiger partial charge in [-0.1, -0.05) is 0 Å². The van der Waals surface area contributed by atoms with E-state index in [1.165, 1.54) is 7.11 Å². The number of carbonyl (C=O) groups is 3. The number of amides is 2. The number of aliphatic carboxylic acids is 1. The van der Waals surface area contributed by atoms with Crippen LogP contribution in [0, 0.1) is 5.92 Å². The summed E-state index contributed by atoms with van der Waals surface area (Å²) in [6.07, 6.45) is 3.21. The van der Waals surface area contributed by atoms with E-state index in [4.69, 9.17) is 9.84 Å². The Hall–Kier alpha value is -1.79. The summed E-state index contributed by atoms with van der Waals surface area (Å²) in [6.45, 7) is 1.56. The van der Waals surface area contributed by atoms with Crippen LogP contribution in [0.4, 0.5) is 4.79 Å². The number of methoxy groups -OCH3 is 1. The number of rotatable bonds is 3. The summed E-state index contributed by atoms with van der Waals surface area (Å²) in [5, 5.41) is 8.82. The van der Waals surface area contributed by atoms with Crippen LogP contribution in [0.2, 0.25) is 0 Å². The van der Waals surface area contributed by atoms with Crippen LogP contribution in [-0.2, 0) is 14.3 Å². The Bertz CT molecular complexity index is 426. The van der Waals surface area contributed by atoms with Crippen LogP contribution in [0.1, 0.15) is 32.1 Å². The summed E-state index contributed by atoms with van der Waals surface area (Å²) in [5.41, 5.74) is 0. The third-order valence-corrected chi connectivity index (χ3v) is 4.24. The van der Waals surface area contributed by atoms with Gasteiger partial charge in [0.15, 0.2) is 0 Å². The summed E-state index contributed by atoms with van der Waals surface area (Å²) >= 11 is 0. The average molecular weight is 298 g/mol. The van der Waals surface area contributed by atoms with Gasteiger partial charge in [-0.25, -0.2) is 9.59 Å². The maximum Gasteiger partial charge on any atom is 0.328 e. The van der Waals surface area contributed by atoms with Gasteiger partial charge in [0, 0.05) is 26.1 Å². The van der Waals surface area contributed by atoms with Gasteiger partial charge >= 0.3 is 18.0 Å². The van der Waals surface area contributed by atoms with E-state index in [1.807, 2.05) is 0 Å². The molecule has 2 aliphatic rings. The second kappa shape index (κ2) is 6.78. The summed E-state index contributed by atoms with van der Waals surface area (Å²) in [6, 6.07) is -0.673. The minimum Gasteiger partial charge on any atom is -0.481 e. The van der Waals surface area contributed by atoms with Gasteiger partial charge in [0.25, 0.3) is 0 Å². The van der Waals surface area contributed by atoms with Crippen molar-refractivity contribution in [2.45, 2.75) is 38.1 Å². The lowest BCUT2D eigenvalue weighted by Crippen LogP contribution is -2.53. The molecule has 118 valence electrons. The van der Waals surface area contributed by atoms with Crippen LogP contribution < -0.4 is 0 Å². The van der Waals surface area contributed by atoms with E-state index in [9.17, 15) is 14.4 Å². The Balaban J connectivity index is 1.98. The summed E-state index contributed by atoms with van der Waals surface area (Å²) in [4.78, 5) is 38.3. The van der Waals surface area contributed by atoms with Crippen molar-refractivity contribution in [1.29, 1.82) is 0 Å². The molecule has 2 amide bonds. The van der Waals surface area contributed by atoms with Crippen molar-refractivity contribution in [2.24, 2.45) is 5.92 Å². The van der Waals surface area contributed by atoms with Gasteiger partial charge in [0.1, 0.15) is 6.04 Å². The fourth-order valence-corrected chi connectivity index (χ4v) is 3.14. The quantitative estimate of drug-likeness (QED) is 0.783.